The van der Waals surface area contributed by atoms with Crippen molar-refractivity contribution >= 4 is 0 Å². The van der Waals surface area contributed by atoms with Gasteiger partial charge in [-0.1, -0.05) is 19.1 Å². The van der Waals surface area contributed by atoms with Gasteiger partial charge in [0.25, 0.3) is 0 Å². The summed E-state index contributed by atoms with van der Waals surface area (Å²) in [6.45, 7) is 8.71. The van der Waals surface area contributed by atoms with Gasteiger partial charge in [0, 0.05) is 13.1 Å². The molecule has 0 saturated carbocycles. The first-order valence-electron chi connectivity index (χ1n) is 6.04. The molecule has 1 aromatic rings. The quantitative estimate of drug-likeness (QED) is 0.840. The second kappa shape index (κ2) is 4.46. The zero-order valence-electron chi connectivity index (χ0n) is 10.4. The lowest BCUT2D eigenvalue weighted by molar-refractivity contribution is 0.195. The van der Waals surface area contributed by atoms with Gasteiger partial charge in [-0.3, -0.25) is 0 Å². The molecule has 1 aromatic carbocycles. The fourth-order valence-electron chi connectivity index (χ4n) is 2.13. The van der Waals surface area contributed by atoms with Crippen LogP contribution in [0.5, 0.6) is 5.75 Å². The Labute approximate surface area is 98.0 Å². The minimum atomic E-state index is 0.249. The summed E-state index contributed by atoms with van der Waals surface area (Å²) in [7, 11) is 0. The molecule has 0 radical (unpaired) electrons. The number of hydrogen-bond donors (Lipinski definition) is 1. The molecular formula is C14H21NO. The number of rotatable bonds is 4. The van der Waals surface area contributed by atoms with E-state index in [0.29, 0.717) is 5.41 Å². The molecule has 2 heteroatoms. The third kappa shape index (κ3) is 2.76. The number of nitrogens with one attached hydrogen (secondary N) is 1. The Morgan fingerprint density at radius 1 is 1.25 bits per heavy atom. The van der Waals surface area contributed by atoms with Gasteiger partial charge in [0.1, 0.15) is 5.75 Å². The van der Waals surface area contributed by atoms with Crippen LogP contribution in [0.25, 0.3) is 0 Å². The third-order valence-corrected chi connectivity index (χ3v) is 3.03. The van der Waals surface area contributed by atoms with Crippen LogP contribution in [-0.4, -0.2) is 19.2 Å². The van der Waals surface area contributed by atoms with Crippen molar-refractivity contribution in [3.8, 4) is 5.75 Å². The third-order valence-electron chi connectivity index (χ3n) is 3.03. The number of hydrogen-bond acceptors (Lipinski definition) is 2. The molecule has 2 rings (SSSR count). The molecule has 1 N–H and O–H groups in total. The molecule has 0 aliphatic carbocycles. The van der Waals surface area contributed by atoms with Gasteiger partial charge in [0.05, 0.1) is 6.10 Å². The Bertz CT molecular complexity index is 338. The van der Waals surface area contributed by atoms with Crippen molar-refractivity contribution in [2.24, 2.45) is 5.41 Å². The van der Waals surface area contributed by atoms with E-state index in [1.807, 2.05) is 0 Å². The minimum absolute atomic E-state index is 0.249. The molecule has 2 nitrogen and oxygen atoms in total. The van der Waals surface area contributed by atoms with E-state index in [9.17, 15) is 0 Å². The Morgan fingerprint density at radius 2 is 1.88 bits per heavy atom. The van der Waals surface area contributed by atoms with Crippen molar-refractivity contribution in [3.63, 3.8) is 0 Å². The van der Waals surface area contributed by atoms with E-state index in [1.165, 1.54) is 5.56 Å². The molecule has 0 bridgehead atoms. The Hall–Kier alpha value is -1.02. The van der Waals surface area contributed by atoms with Crippen molar-refractivity contribution in [3.05, 3.63) is 29.8 Å². The summed E-state index contributed by atoms with van der Waals surface area (Å²) < 4.78 is 5.63. The molecule has 0 spiro atoms. The first kappa shape index (κ1) is 11.5. The molecule has 1 heterocycles. The van der Waals surface area contributed by atoms with Crippen molar-refractivity contribution in [2.75, 3.05) is 13.1 Å². The van der Waals surface area contributed by atoms with Gasteiger partial charge in [-0.05, 0) is 43.4 Å². The lowest BCUT2D eigenvalue weighted by Crippen LogP contribution is -2.52. The molecule has 88 valence electrons. The summed E-state index contributed by atoms with van der Waals surface area (Å²) in [5.74, 6) is 0.968. The summed E-state index contributed by atoms with van der Waals surface area (Å²) in [4.78, 5) is 0. The van der Waals surface area contributed by atoms with Crippen molar-refractivity contribution in [1.29, 1.82) is 0 Å². The smallest absolute Gasteiger partial charge is 0.119 e. The molecule has 0 unspecified atom stereocenters. The van der Waals surface area contributed by atoms with Crippen LogP contribution in [0.1, 0.15) is 26.3 Å². The van der Waals surface area contributed by atoms with Gasteiger partial charge in [0.2, 0.25) is 0 Å². The lowest BCUT2D eigenvalue weighted by atomic mass is 9.78. The van der Waals surface area contributed by atoms with E-state index >= 15 is 0 Å². The van der Waals surface area contributed by atoms with E-state index in [0.717, 1.165) is 25.3 Å². The average molecular weight is 219 g/mol. The van der Waals surface area contributed by atoms with E-state index in [1.54, 1.807) is 0 Å². The first-order chi connectivity index (χ1) is 7.57. The highest BCUT2D eigenvalue weighted by atomic mass is 16.5. The van der Waals surface area contributed by atoms with Crippen LogP contribution in [0.4, 0.5) is 0 Å². The number of ether oxygens (including phenoxy) is 1. The maximum atomic E-state index is 5.63. The van der Waals surface area contributed by atoms with Gasteiger partial charge in [-0.2, -0.15) is 0 Å². The topological polar surface area (TPSA) is 21.3 Å². The highest BCUT2D eigenvalue weighted by Crippen LogP contribution is 2.27. The molecule has 0 aromatic heterocycles. The zero-order chi connectivity index (χ0) is 11.6. The highest BCUT2D eigenvalue weighted by molar-refractivity contribution is 5.28. The van der Waals surface area contributed by atoms with Crippen LogP contribution in [0, 0.1) is 5.41 Å². The summed E-state index contributed by atoms with van der Waals surface area (Å²) in [5, 5.41) is 3.33. The van der Waals surface area contributed by atoms with Crippen LogP contribution in [0.3, 0.4) is 0 Å². The summed E-state index contributed by atoms with van der Waals surface area (Å²) in [6, 6.07) is 8.51. The monoisotopic (exact) mass is 219 g/mol. The molecule has 16 heavy (non-hydrogen) atoms. The van der Waals surface area contributed by atoms with Crippen LogP contribution in [0.2, 0.25) is 0 Å². The lowest BCUT2D eigenvalue weighted by Gasteiger charge is -2.39. The van der Waals surface area contributed by atoms with Crippen molar-refractivity contribution < 1.29 is 4.74 Å². The van der Waals surface area contributed by atoms with Crippen LogP contribution < -0.4 is 10.1 Å². The Balaban J connectivity index is 1.96. The fraction of sp³-hybridized carbons (Fsp3) is 0.571. The maximum Gasteiger partial charge on any atom is 0.119 e. The SMILES string of the molecule is CC(C)Oc1ccc(CC2(C)CNC2)cc1. The van der Waals surface area contributed by atoms with Gasteiger partial charge in [-0.25, -0.2) is 0 Å². The largest absolute Gasteiger partial charge is 0.491 e. The molecule has 1 saturated heterocycles. The van der Waals surface area contributed by atoms with E-state index in [4.69, 9.17) is 4.74 Å². The second-order valence-corrected chi connectivity index (χ2v) is 5.40. The van der Waals surface area contributed by atoms with E-state index in [2.05, 4.69) is 50.4 Å². The predicted octanol–water partition coefficient (Wildman–Crippen LogP) is 2.63. The molecule has 0 atom stereocenters. The van der Waals surface area contributed by atoms with Crippen LogP contribution >= 0.6 is 0 Å². The first-order valence-corrected chi connectivity index (χ1v) is 6.04. The molecule has 1 aliphatic rings. The second-order valence-electron chi connectivity index (χ2n) is 5.40. The standard InChI is InChI=1S/C14H21NO/c1-11(2)16-13-6-4-12(5-7-13)8-14(3)9-15-10-14/h4-7,11,15H,8-10H2,1-3H3. The molecule has 1 fully saturated rings. The number of benzene rings is 1. The predicted molar refractivity (Wildman–Crippen MR) is 66.9 cm³/mol. The van der Waals surface area contributed by atoms with E-state index < -0.39 is 0 Å². The van der Waals surface area contributed by atoms with Crippen LogP contribution in [0.15, 0.2) is 24.3 Å². The zero-order valence-corrected chi connectivity index (χ0v) is 10.4. The summed E-state index contributed by atoms with van der Waals surface area (Å²) >= 11 is 0. The molecular weight excluding hydrogens is 198 g/mol. The highest BCUT2D eigenvalue weighted by Gasteiger charge is 2.31. The van der Waals surface area contributed by atoms with Gasteiger partial charge < -0.3 is 10.1 Å². The summed E-state index contributed by atoms with van der Waals surface area (Å²) in [6.07, 6.45) is 1.40. The van der Waals surface area contributed by atoms with Gasteiger partial charge in [-0.15, -0.1) is 0 Å². The molecule has 1 aliphatic heterocycles. The summed E-state index contributed by atoms with van der Waals surface area (Å²) in [5.41, 5.74) is 1.86. The fourth-order valence-corrected chi connectivity index (χ4v) is 2.13. The minimum Gasteiger partial charge on any atom is -0.491 e. The van der Waals surface area contributed by atoms with Gasteiger partial charge in [0.15, 0.2) is 0 Å². The van der Waals surface area contributed by atoms with Crippen molar-refractivity contribution in [1.82, 2.24) is 5.32 Å². The Kier molecular flexibility index (Phi) is 3.20. The normalized spacial score (nSPS) is 18.2. The molecule has 0 amide bonds. The maximum absolute atomic E-state index is 5.63. The Morgan fingerprint density at radius 3 is 2.31 bits per heavy atom. The van der Waals surface area contributed by atoms with E-state index in [-0.39, 0.29) is 6.10 Å². The van der Waals surface area contributed by atoms with Gasteiger partial charge >= 0.3 is 0 Å². The van der Waals surface area contributed by atoms with Crippen LogP contribution in [-0.2, 0) is 6.42 Å². The van der Waals surface area contributed by atoms with Crippen molar-refractivity contribution in [2.45, 2.75) is 33.3 Å². The average Bonchev–Trinajstić information content (AvgIpc) is 2.18.